The number of amides is 1. The SMILES string of the molecule is O=C(CN[C@H]1CC[C@@H](O)CC1)NCc1cccc(Cl)c1F. The van der Waals surface area contributed by atoms with Gasteiger partial charge in [-0.2, -0.15) is 0 Å². The summed E-state index contributed by atoms with van der Waals surface area (Å²) in [7, 11) is 0. The average Bonchev–Trinajstić information content (AvgIpc) is 2.48. The number of nitrogens with one attached hydrogen (secondary N) is 2. The molecule has 0 atom stereocenters. The van der Waals surface area contributed by atoms with Crippen LogP contribution in [0.15, 0.2) is 18.2 Å². The van der Waals surface area contributed by atoms with E-state index in [4.69, 9.17) is 11.6 Å². The van der Waals surface area contributed by atoms with Gasteiger partial charge in [-0.25, -0.2) is 4.39 Å². The molecule has 0 aliphatic heterocycles. The molecule has 1 aliphatic carbocycles. The van der Waals surface area contributed by atoms with E-state index >= 15 is 0 Å². The molecule has 1 saturated carbocycles. The van der Waals surface area contributed by atoms with E-state index in [-0.39, 0.29) is 36.2 Å². The van der Waals surface area contributed by atoms with Gasteiger partial charge in [-0.3, -0.25) is 4.79 Å². The second kappa shape index (κ2) is 7.73. The molecule has 4 nitrogen and oxygen atoms in total. The van der Waals surface area contributed by atoms with Crippen LogP contribution in [-0.2, 0) is 11.3 Å². The van der Waals surface area contributed by atoms with Crippen molar-refractivity contribution in [3.05, 3.63) is 34.6 Å². The Hall–Kier alpha value is -1.17. The van der Waals surface area contributed by atoms with Crippen LogP contribution >= 0.6 is 11.6 Å². The number of carbonyl (C=O) groups excluding carboxylic acids is 1. The van der Waals surface area contributed by atoms with Gasteiger partial charge in [0.05, 0.1) is 17.7 Å². The van der Waals surface area contributed by atoms with Gasteiger partial charge in [0.1, 0.15) is 5.82 Å². The fraction of sp³-hybridized carbons (Fsp3) is 0.533. The Kier molecular flexibility index (Phi) is 5.96. The third-order valence-corrected chi connectivity index (χ3v) is 4.05. The zero-order chi connectivity index (χ0) is 15.2. The van der Waals surface area contributed by atoms with Gasteiger partial charge in [0.2, 0.25) is 5.91 Å². The van der Waals surface area contributed by atoms with E-state index in [1.165, 1.54) is 6.07 Å². The van der Waals surface area contributed by atoms with Crippen molar-refractivity contribution in [1.29, 1.82) is 0 Å². The summed E-state index contributed by atoms with van der Waals surface area (Å²) >= 11 is 5.68. The first-order chi connectivity index (χ1) is 10.1. The van der Waals surface area contributed by atoms with Crippen LogP contribution in [0.4, 0.5) is 4.39 Å². The second-order valence-corrected chi connectivity index (χ2v) is 5.78. The molecule has 116 valence electrons. The van der Waals surface area contributed by atoms with Gasteiger partial charge < -0.3 is 15.7 Å². The van der Waals surface area contributed by atoms with Gasteiger partial charge in [-0.1, -0.05) is 23.7 Å². The third-order valence-electron chi connectivity index (χ3n) is 3.76. The summed E-state index contributed by atoms with van der Waals surface area (Å²) in [6.45, 7) is 0.319. The zero-order valence-electron chi connectivity index (χ0n) is 11.7. The van der Waals surface area contributed by atoms with E-state index in [0.29, 0.717) is 5.56 Å². The van der Waals surface area contributed by atoms with E-state index in [1.807, 2.05) is 0 Å². The van der Waals surface area contributed by atoms with Crippen molar-refractivity contribution in [3.8, 4) is 0 Å². The summed E-state index contributed by atoms with van der Waals surface area (Å²) in [5, 5.41) is 15.3. The third kappa shape index (κ3) is 4.95. The maximum atomic E-state index is 13.6. The van der Waals surface area contributed by atoms with Crippen LogP contribution in [0.2, 0.25) is 5.02 Å². The van der Waals surface area contributed by atoms with Crippen molar-refractivity contribution in [2.45, 2.75) is 44.4 Å². The molecule has 0 unspecified atom stereocenters. The molecule has 2 rings (SSSR count). The zero-order valence-corrected chi connectivity index (χ0v) is 12.5. The van der Waals surface area contributed by atoms with Gasteiger partial charge >= 0.3 is 0 Å². The monoisotopic (exact) mass is 314 g/mol. The normalized spacial score (nSPS) is 22.0. The summed E-state index contributed by atoms with van der Waals surface area (Å²) < 4.78 is 13.6. The number of aliphatic hydroxyl groups excluding tert-OH is 1. The lowest BCUT2D eigenvalue weighted by Crippen LogP contribution is -2.41. The molecule has 1 aliphatic rings. The number of hydrogen-bond acceptors (Lipinski definition) is 3. The number of hydrogen-bond donors (Lipinski definition) is 3. The Morgan fingerprint density at radius 1 is 1.33 bits per heavy atom. The molecule has 0 heterocycles. The summed E-state index contributed by atoms with van der Waals surface area (Å²) in [5.41, 5.74) is 0.372. The van der Waals surface area contributed by atoms with Gasteiger partial charge in [0.15, 0.2) is 0 Å². The molecule has 0 radical (unpaired) electrons. The molecule has 1 aromatic carbocycles. The van der Waals surface area contributed by atoms with E-state index in [9.17, 15) is 14.3 Å². The molecule has 0 aromatic heterocycles. The van der Waals surface area contributed by atoms with Crippen molar-refractivity contribution < 1.29 is 14.3 Å². The Bertz CT molecular complexity index is 491. The van der Waals surface area contributed by atoms with Crippen molar-refractivity contribution in [3.63, 3.8) is 0 Å². The Morgan fingerprint density at radius 2 is 2.05 bits per heavy atom. The maximum Gasteiger partial charge on any atom is 0.234 e. The molecule has 0 spiro atoms. The second-order valence-electron chi connectivity index (χ2n) is 5.38. The molecule has 1 aromatic rings. The Morgan fingerprint density at radius 3 is 2.76 bits per heavy atom. The minimum Gasteiger partial charge on any atom is -0.393 e. The first-order valence-corrected chi connectivity index (χ1v) is 7.55. The minimum absolute atomic E-state index is 0.0561. The van der Waals surface area contributed by atoms with Crippen molar-refractivity contribution in [2.24, 2.45) is 0 Å². The van der Waals surface area contributed by atoms with Crippen LogP contribution in [0, 0.1) is 5.82 Å². The molecule has 0 bridgehead atoms. The van der Waals surface area contributed by atoms with E-state index < -0.39 is 5.82 Å². The number of rotatable bonds is 5. The quantitative estimate of drug-likeness (QED) is 0.779. The lowest BCUT2D eigenvalue weighted by molar-refractivity contribution is -0.120. The highest BCUT2D eigenvalue weighted by molar-refractivity contribution is 6.30. The predicted octanol–water partition coefficient (Wildman–Crippen LogP) is 1.99. The topological polar surface area (TPSA) is 61.4 Å². The average molecular weight is 315 g/mol. The molecular formula is C15H20ClFN2O2. The maximum absolute atomic E-state index is 13.6. The predicted molar refractivity (Wildman–Crippen MR) is 79.5 cm³/mol. The summed E-state index contributed by atoms with van der Waals surface area (Å²) in [6, 6.07) is 4.99. The van der Waals surface area contributed by atoms with Gasteiger partial charge in [-0.15, -0.1) is 0 Å². The van der Waals surface area contributed by atoms with Crippen LogP contribution in [0.3, 0.4) is 0 Å². The number of benzene rings is 1. The summed E-state index contributed by atoms with van der Waals surface area (Å²) in [5.74, 6) is -0.672. The van der Waals surface area contributed by atoms with Crippen LogP contribution in [0.1, 0.15) is 31.2 Å². The van der Waals surface area contributed by atoms with E-state index in [2.05, 4.69) is 10.6 Å². The van der Waals surface area contributed by atoms with Crippen LogP contribution in [0.25, 0.3) is 0 Å². The highest BCUT2D eigenvalue weighted by Crippen LogP contribution is 2.18. The molecule has 6 heteroatoms. The van der Waals surface area contributed by atoms with E-state index in [1.54, 1.807) is 12.1 Å². The molecule has 1 amide bonds. The number of aliphatic hydroxyl groups is 1. The van der Waals surface area contributed by atoms with Gasteiger partial charge in [0.25, 0.3) is 0 Å². The standard InChI is InChI=1S/C15H20ClFN2O2/c16-13-3-1-2-10(15(13)17)8-19-14(21)9-18-11-4-6-12(20)7-5-11/h1-3,11-12,18,20H,4-9H2,(H,19,21)/t11-,12+. The largest absolute Gasteiger partial charge is 0.393 e. The molecule has 1 fully saturated rings. The number of halogens is 2. The lowest BCUT2D eigenvalue weighted by Gasteiger charge is -2.26. The smallest absolute Gasteiger partial charge is 0.234 e. The van der Waals surface area contributed by atoms with Crippen molar-refractivity contribution in [1.82, 2.24) is 10.6 Å². The van der Waals surface area contributed by atoms with Crippen LogP contribution in [-0.4, -0.2) is 29.7 Å². The molecule has 21 heavy (non-hydrogen) atoms. The highest BCUT2D eigenvalue weighted by Gasteiger charge is 2.19. The summed E-state index contributed by atoms with van der Waals surface area (Å²) in [4.78, 5) is 11.7. The Balaban J connectivity index is 1.71. The minimum atomic E-state index is -0.492. The molecular weight excluding hydrogens is 295 g/mol. The summed E-state index contributed by atoms with van der Waals surface area (Å²) in [6.07, 6.45) is 3.08. The van der Waals surface area contributed by atoms with Crippen molar-refractivity contribution >= 4 is 17.5 Å². The fourth-order valence-corrected chi connectivity index (χ4v) is 2.65. The van der Waals surface area contributed by atoms with Gasteiger partial charge in [0, 0.05) is 18.2 Å². The highest BCUT2D eigenvalue weighted by atomic mass is 35.5. The fourth-order valence-electron chi connectivity index (χ4n) is 2.46. The lowest BCUT2D eigenvalue weighted by atomic mass is 9.93. The van der Waals surface area contributed by atoms with Crippen molar-refractivity contribution in [2.75, 3.05) is 6.54 Å². The number of carbonyl (C=O) groups is 1. The van der Waals surface area contributed by atoms with Crippen LogP contribution in [0.5, 0.6) is 0 Å². The molecule has 3 N–H and O–H groups in total. The van der Waals surface area contributed by atoms with Gasteiger partial charge in [-0.05, 0) is 31.7 Å². The Labute approximate surface area is 128 Å². The first kappa shape index (κ1) is 16.2. The molecule has 0 saturated heterocycles. The van der Waals surface area contributed by atoms with E-state index in [0.717, 1.165) is 25.7 Å². The van der Waals surface area contributed by atoms with Crippen LogP contribution < -0.4 is 10.6 Å². The first-order valence-electron chi connectivity index (χ1n) is 7.17.